The maximum atomic E-state index is 4.42. The Morgan fingerprint density at radius 1 is 0.958 bits per heavy atom. The van der Waals surface area contributed by atoms with Gasteiger partial charge in [0.1, 0.15) is 0 Å². The van der Waals surface area contributed by atoms with Crippen LogP contribution >= 0.6 is 0 Å². The SMILES string of the molecule is CC(C)c1ccc(C(c2nnnn2C(C)(C)C)N2CCCC2)cc1. The van der Waals surface area contributed by atoms with E-state index in [-0.39, 0.29) is 11.6 Å². The van der Waals surface area contributed by atoms with Crippen LogP contribution in [-0.2, 0) is 5.54 Å². The van der Waals surface area contributed by atoms with Gasteiger partial charge in [0.05, 0.1) is 11.6 Å². The Morgan fingerprint density at radius 3 is 2.08 bits per heavy atom. The van der Waals surface area contributed by atoms with Crippen LogP contribution in [-0.4, -0.2) is 38.2 Å². The molecule has 0 N–H and O–H groups in total. The highest BCUT2D eigenvalue weighted by molar-refractivity contribution is 5.30. The van der Waals surface area contributed by atoms with Gasteiger partial charge in [-0.25, -0.2) is 4.68 Å². The summed E-state index contributed by atoms with van der Waals surface area (Å²) in [6.07, 6.45) is 2.50. The predicted molar refractivity (Wildman–Crippen MR) is 96.0 cm³/mol. The summed E-state index contributed by atoms with van der Waals surface area (Å²) in [5.41, 5.74) is 2.52. The number of tetrazole rings is 1. The van der Waals surface area contributed by atoms with E-state index in [0.29, 0.717) is 5.92 Å². The van der Waals surface area contributed by atoms with Crippen LogP contribution in [0.3, 0.4) is 0 Å². The maximum absolute atomic E-state index is 4.42. The lowest BCUT2D eigenvalue weighted by Gasteiger charge is -2.30. The van der Waals surface area contributed by atoms with E-state index in [1.807, 2.05) is 4.68 Å². The molecule has 1 fully saturated rings. The molecule has 130 valence electrons. The van der Waals surface area contributed by atoms with E-state index >= 15 is 0 Å². The zero-order valence-corrected chi connectivity index (χ0v) is 15.5. The maximum Gasteiger partial charge on any atom is 0.173 e. The number of hydrogen-bond acceptors (Lipinski definition) is 4. The van der Waals surface area contributed by atoms with Gasteiger partial charge in [-0.1, -0.05) is 38.1 Å². The van der Waals surface area contributed by atoms with Crippen LogP contribution in [0.5, 0.6) is 0 Å². The third kappa shape index (κ3) is 3.36. The standard InChI is InChI=1S/C19H29N5/c1-14(2)15-8-10-16(11-9-15)17(23-12-6-7-13-23)18-20-21-22-24(18)19(3,4)5/h8-11,14,17H,6-7,12-13H2,1-5H3. The first kappa shape index (κ1) is 17.1. The lowest BCUT2D eigenvalue weighted by atomic mass is 9.97. The molecule has 5 nitrogen and oxygen atoms in total. The number of likely N-dealkylation sites (tertiary alicyclic amines) is 1. The minimum absolute atomic E-state index is 0.128. The highest BCUT2D eigenvalue weighted by Gasteiger charge is 2.32. The number of rotatable bonds is 4. The van der Waals surface area contributed by atoms with E-state index in [9.17, 15) is 0 Å². The predicted octanol–water partition coefficient (Wildman–Crippen LogP) is 3.74. The van der Waals surface area contributed by atoms with Crippen LogP contribution in [0.4, 0.5) is 0 Å². The molecule has 1 aromatic carbocycles. The second kappa shape index (κ2) is 6.63. The van der Waals surface area contributed by atoms with E-state index in [0.717, 1.165) is 18.9 Å². The fourth-order valence-electron chi connectivity index (χ4n) is 3.43. The summed E-state index contributed by atoms with van der Waals surface area (Å²) in [6, 6.07) is 9.12. The number of aromatic nitrogens is 4. The van der Waals surface area contributed by atoms with Gasteiger partial charge in [0.2, 0.25) is 0 Å². The molecule has 1 aliphatic heterocycles. The Bertz CT molecular complexity index is 660. The molecule has 1 aliphatic rings. The van der Waals surface area contributed by atoms with Crippen molar-refractivity contribution in [1.29, 1.82) is 0 Å². The first-order valence-corrected chi connectivity index (χ1v) is 9.00. The van der Waals surface area contributed by atoms with Crippen molar-refractivity contribution in [1.82, 2.24) is 25.1 Å². The van der Waals surface area contributed by atoms with Crippen LogP contribution < -0.4 is 0 Å². The van der Waals surface area contributed by atoms with Gasteiger partial charge in [-0.2, -0.15) is 0 Å². The van der Waals surface area contributed by atoms with Gasteiger partial charge >= 0.3 is 0 Å². The number of nitrogens with zero attached hydrogens (tertiary/aromatic N) is 5. The molecular weight excluding hydrogens is 298 g/mol. The molecule has 0 amide bonds. The van der Waals surface area contributed by atoms with E-state index in [1.54, 1.807) is 0 Å². The van der Waals surface area contributed by atoms with Crippen LogP contribution in [0.15, 0.2) is 24.3 Å². The zero-order chi connectivity index (χ0) is 17.3. The fourth-order valence-corrected chi connectivity index (χ4v) is 3.43. The minimum atomic E-state index is -0.130. The third-order valence-corrected chi connectivity index (χ3v) is 4.80. The summed E-state index contributed by atoms with van der Waals surface area (Å²) < 4.78 is 1.98. The van der Waals surface area contributed by atoms with Gasteiger partial charge < -0.3 is 0 Å². The molecule has 0 bridgehead atoms. The van der Waals surface area contributed by atoms with Gasteiger partial charge in [0, 0.05) is 0 Å². The van der Waals surface area contributed by atoms with Crippen molar-refractivity contribution in [3.05, 3.63) is 41.2 Å². The molecule has 1 aromatic heterocycles. The van der Waals surface area contributed by atoms with Gasteiger partial charge in [-0.15, -0.1) is 5.10 Å². The van der Waals surface area contributed by atoms with E-state index in [1.165, 1.54) is 24.0 Å². The molecule has 5 heteroatoms. The number of hydrogen-bond donors (Lipinski definition) is 0. The number of benzene rings is 1. The van der Waals surface area contributed by atoms with Crippen LogP contribution in [0.25, 0.3) is 0 Å². The Balaban J connectivity index is 2.03. The Hall–Kier alpha value is -1.75. The first-order chi connectivity index (χ1) is 11.4. The third-order valence-electron chi connectivity index (χ3n) is 4.80. The van der Waals surface area contributed by atoms with Gasteiger partial charge in [-0.3, -0.25) is 4.90 Å². The largest absolute Gasteiger partial charge is 0.290 e. The summed E-state index contributed by atoms with van der Waals surface area (Å²) in [4.78, 5) is 2.51. The van der Waals surface area contributed by atoms with Crippen molar-refractivity contribution in [3.63, 3.8) is 0 Å². The Morgan fingerprint density at radius 2 is 1.54 bits per heavy atom. The molecule has 2 heterocycles. The Kier molecular flexibility index (Phi) is 4.72. The molecule has 1 unspecified atom stereocenters. The van der Waals surface area contributed by atoms with Crippen molar-refractivity contribution in [2.75, 3.05) is 13.1 Å². The molecule has 0 aliphatic carbocycles. The lowest BCUT2D eigenvalue weighted by Crippen LogP contribution is -2.33. The molecule has 0 radical (unpaired) electrons. The average Bonchev–Trinajstić information content (AvgIpc) is 3.19. The summed E-state index contributed by atoms with van der Waals surface area (Å²) in [5.74, 6) is 1.49. The van der Waals surface area contributed by atoms with Crippen molar-refractivity contribution >= 4 is 0 Å². The lowest BCUT2D eigenvalue weighted by molar-refractivity contribution is 0.242. The van der Waals surface area contributed by atoms with E-state index in [2.05, 4.69) is 79.3 Å². The van der Waals surface area contributed by atoms with E-state index in [4.69, 9.17) is 0 Å². The topological polar surface area (TPSA) is 46.8 Å². The van der Waals surface area contributed by atoms with E-state index < -0.39 is 0 Å². The van der Waals surface area contributed by atoms with Gasteiger partial charge in [0.25, 0.3) is 0 Å². The second-order valence-corrected chi connectivity index (χ2v) is 8.09. The minimum Gasteiger partial charge on any atom is -0.290 e. The highest BCUT2D eigenvalue weighted by atomic mass is 15.6. The van der Waals surface area contributed by atoms with Crippen LogP contribution in [0, 0.1) is 0 Å². The highest BCUT2D eigenvalue weighted by Crippen LogP contribution is 2.32. The summed E-state index contributed by atoms with van der Waals surface area (Å²) >= 11 is 0. The average molecular weight is 327 g/mol. The van der Waals surface area contributed by atoms with Crippen molar-refractivity contribution in [2.24, 2.45) is 0 Å². The molecule has 1 saturated heterocycles. The van der Waals surface area contributed by atoms with Crippen molar-refractivity contribution < 1.29 is 0 Å². The second-order valence-electron chi connectivity index (χ2n) is 8.09. The van der Waals surface area contributed by atoms with Gasteiger partial charge in [-0.05, 0) is 74.2 Å². The summed E-state index contributed by atoms with van der Waals surface area (Å²) in [7, 11) is 0. The molecule has 24 heavy (non-hydrogen) atoms. The summed E-state index contributed by atoms with van der Waals surface area (Å²) in [6.45, 7) is 13.1. The van der Waals surface area contributed by atoms with Gasteiger partial charge in [0.15, 0.2) is 5.82 Å². The Labute approximate surface area is 145 Å². The molecule has 2 aromatic rings. The molecular formula is C19H29N5. The zero-order valence-electron chi connectivity index (χ0n) is 15.5. The van der Waals surface area contributed by atoms with Crippen LogP contribution in [0.1, 0.15) is 76.4 Å². The molecule has 1 atom stereocenters. The molecule has 0 spiro atoms. The van der Waals surface area contributed by atoms with Crippen molar-refractivity contribution in [2.45, 2.75) is 65.0 Å². The monoisotopic (exact) mass is 327 g/mol. The van der Waals surface area contributed by atoms with Crippen molar-refractivity contribution in [3.8, 4) is 0 Å². The summed E-state index contributed by atoms with van der Waals surface area (Å²) in [5, 5.41) is 12.7. The fraction of sp³-hybridized carbons (Fsp3) is 0.632. The molecule has 3 rings (SSSR count). The quantitative estimate of drug-likeness (QED) is 0.858. The smallest absolute Gasteiger partial charge is 0.173 e. The molecule has 0 saturated carbocycles. The first-order valence-electron chi connectivity index (χ1n) is 9.00. The van der Waals surface area contributed by atoms with Crippen LogP contribution in [0.2, 0.25) is 0 Å². The normalized spacial score (nSPS) is 17.6.